The van der Waals surface area contributed by atoms with Crippen LogP contribution in [-0.2, 0) is 10.0 Å². The summed E-state index contributed by atoms with van der Waals surface area (Å²) in [5, 5.41) is 5.85. The molecule has 7 heteroatoms. The lowest BCUT2D eigenvalue weighted by Crippen LogP contribution is -2.84. The van der Waals surface area contributed by atoms with Crippen molar-refractivity contribution in [3.8, 4) is 0 Å². The molecular weight excluding hydrogens is 242 g/mol. The molecule has 0 aromatic carbocycles. The van der Waals surface area contributed by atoms with Crippen LogP contribution in [0.15, 0.2) is 9.42 Å². The van der Waals surface area contributed by atoms with Crippen molar-refractivity contribution in [1.82, 2.24) is 9.46 Å². The first-order valence-electron chi connectivity index (χ1n) is 5.78. The highest BCUT2D eigenvalue weighted by Crippen LogP contribution is 2.23. The fourth-order valence-corrected chi connectivity index (χ4v) is 3.90. The van der Waals surface area contributed by atoms with Crippen molar-refractivity contribution >= 4 is 10.0 Å². The maximum atomic E-state index is 12.5. The normalized spacial score (nSPS) is 19.2. The number of hydrogen-bond acceptors (Lipinski definition) is 4. The highest BCUT2D eigenvalue weighted by atomic mass is 32.2. The lowest BCUT2D eigenvalue weighted by Gasteiger charge is -2.18. The summed E-state index contributed by atoms with van der Waals surface area (Å²) in [6.07, 6.45) is 0.878. The van der Waals surface area contributed by atoms with Gasteiger partial charge in [0.25, 0.3) is 0 Å². The Morgan fingerprint density at radius 2 is 2.06 bits per heavy atom. The fourth-order valence-electron chi connectivity index (χ4n) is 2.12. The standard InChI is InChI=1S/C10H17N3O3S/c1-8-10(9(2)16-12-8)17(14,15)13-6-3-4-11-5-7-13/h11H,3-7H2,1-2H3/p+1. The van der Waals surface area contributed by atoms with Gasteiger partial charge in [0.1, 0.15) is 10.6 Å². The van der Waals surface area contributed by atoms with Gasteiger partial charge >= 0.3 is 0 Å². The summed E-state index contributed by atoms with van der Waals surface area (Å²) in [6.45, 7) is 6.20. The number of hydrogen-bond donors (Lipinski definition) is 1. The van der Waals surface area contributed by atoms with Crippen molar-refractivity contribution in [3.05, 3.63) is 11.5 Å². The number of aromatic nitrogens is 1. The van der Waals surface area contributed by atoms with Crippen LogP contribution in [0.2, 0.25) is 0 Å². The molecule has 2 heterocycles. The molecule has 0 radical (unpaired) electrons. The van der Waals surface area contributed by atoms with Gasteiger partial charge in [-0.05, 0) is 13.8 Å². The molecule has 0 atom stereocenters. The molecule has 0 saturated carbocycles. The maximum Gasteiger partial charge on any atom is 0.248 e. The molecular formula is C10H18N3O3S+. The molecule has 0 spiro atoms. The molecule has 96 valence electrons. The highest BCUT2D eigenvalue weighted by Gasteiger charge is 2.31. The van der Waals surface area contributed by atoms with Gasteiger partial charge < -0.3 is 9.84 Å². The van der Waals surface area contributed by atoms with E-state index in [1.165, 1.54) is 4.31 Å². The minimum atomic E-state index is -3.45. The van der Waals surface area contributed by atoms with E-state index in [9.17, 15) is 8.42 Å². The topological polar surface area (TPSA) is 80.0 Å². The van der Waals surface area contributed by atoms with Crippen molar-refractivity contribution in [1.29, 1.82) is 0 Å². The number of quaternary nitrogens is 1. The van der Waals surface area contributed by atoms with Gasteiger partial charge in [-0.15, -0.1) is 0 Å². The smallest absolute Gasteiger partial charge is 0.248 e. The molecule has 0 bridgehead atoms. The first-order valence-corrected chi connectivity index (χ1v) is 7.22. The molecule has 0 aliphatic carbocycles. The number of nitrogens with two attached hydrogens (primary N) is 1. The predicted octanol–water partition coefficient (Wildman–Crippen LogP) is -0.751. The zero-order chi connectivity index (χ0) is 12.5. The van der Waals surface area contributed by atoms with Crippen LogP contribution in [0.3, 0.4) is 0 Å². The third-order valence-corrected chi connectivity index (χ3v) is 5.11. The van der Waals surface area contributed by atoms with E-state index in [1.54, 1.807) is 13.8 Å². The second-order valence-electron chi connectivity index (χ2n) is 4.28. The van der Waals surface area contributed by atoms with E-state index in [-0.39, 0.29) is 4.90 Å². The summed E-state index contributed by atoms with van der Waals surface area (Å²) in [5.74, 6) is 0.371. The zero-order valence-electron chi connectivity index (χ0n) is 10.1. The summed E-state index contributed by atoms with van der Waals surface area (Å²) in [4.78, 5) is 0.236. The quantitative estimate of drug-likeness (QED) is 0.758. The molecule has 1 fully saturated rings. The van der Waals surface area contributed by atoms with E-state index >= 15 is 0 Å². The lowest BCUT2D eigenvalue weighted by atomic mass is 10.4. The van der Waals surface area contributed by atoms with Crippen LogP contribution in [0.1, 0.15) is 17.9 Å². The summed E-state index contributed by atoms with van der Waals surface area (Å²) in [6, 6.07) is 0. The van der Waals surface area contributed by atoms with E-state index in [0.29, 0.717) is 24.5 Å². The maximum absolute atomic E-state index is 12.5. The molecule has 0 amide bonds. The van der Waals surface area contributed by atoms with Crippen LogP contribution in [-0.4, -0.2) is 44.1 Å². The molecule has 2 rings (SSSR count). The average molecular weight is 260 g/mol. The molecule has 1 aromatic rings. The van der Waals surface area contributed by atoms with Crippen LogP contribution < -0.4 is 5.32 Å². The van der Waals surface area contributed by atoms with Gasteiger partial charge in [-0.2, -0.15) is 4.31 Å². The SMILES string of the molecule is Cc1noc(C)c1S(=O)(=O)N1CCC[NH2+]CC1. The fraction of sp³-hybridized carbons (Fsp3) is 0.700. The Bertz CT molecular complexity index is 467. The van der Waals surface area contributed by atoms with Gasteiger partial charge in [0.2, 0.25) is 10.0 Å². The molecule has 6 nitrogen and oxygen atoms in total. The van der Waals surface area contributed by atoms with Gasteiger partial charge in [0.15, 0.2) is 5.76 Å². The lowest BCUT2D eigenvalue weighted by molar-refractivity contribution is -0.651. The van der Waals surface area contributed by atoms with Crippen molar-refractivity contribution in [2.24, 2.45) is 0 Å². The molecule has 0 unspecified atom stereocenters. The summed E-state index contributed by atoms with van der Waals surface area (Å²) >= 11 is 0. The Balaban J connectivity index is 2.35. The molecule has 17 heavy (non-hydrogen) atoms. The Morgan fingerprint density at radius 1 is 1.29 bits per heavy atom. The Kier molecular flexibility index (Phi) is 3.50. The van der Waals surface area contributed by atoms with Gasteiger partial charge in [-0.3, -0.25) is 0 Å². The van der Waals surface area contributed by atoms with E-state index < -0.39 is 10.0 Å². The largest absolute Gasteiger partial charge is 0.360 e. The van der Waals surface area contributed by atoms with Gasteiger partial charge in [0, 0.05) is 13.0 Å². The van der Waals surface area contributed by atoms with Gasteiger partial charge in [-0.25, -0.2) is 8.42 Å². The van der Waals surface area contributed by atoms with Gasteiger partial charge in [-0.1, -0.05) is 5.16 Å². The summed E-state index contributed by atoms with van der Waals surface area (Å²) in [5.41, 5.74) is 0.440. The van der Waals surface area contributed by atoms with Crippen LogP contribution in [0.4, 0.5) is 0 Å². The molecule has 1 aliphatic heterocycles. The Labute approximate surface area is 101 Å². The second-order valence-corrected chi connectivity index (χ2v) is 6.15. The van der Waals surface area contributed by atoms with E-state index in [0.717, 1.165) is 19.5 Å². The van der Waals surface area contributed by atoms with Crippen LogP contribution >= 0.6 is 0 Å². The van der Waals surface area contributed by atoms with Crippen molar-refractivity contribution in [2.75, 3.05) is 26.2 Å². The highest BCUT2D eigenvalue weighted by molar-refractivity contribution is 7.89. The van der Waals surface area contributed by atoms with Crippen LogP contribution in [0, 0.1) is 13.8 Å². The van der Waals surface area contributed by atoms with Crippen LogP contribution in [0.5, 0.6) is 0 Å². The van der Waals surface area contributed by atoms with Crippen molar-refractivity contribution in [2.45, 2.75) is 25.2 Å². The van der Waals surface area contributed by atoms with Gasteiger partial charge in [0.05, 0.1) is 19.6 Å². The minimum Gasteiger partial charge on any atom is -0.360 e. The third kappa shape index (κ3) is 2.36. The minimum absolute atomic E-state index is 0.236. The Morgan fingerprint density at radius 3 is 2.71 bits per heavy atom. The summed E-state index contributed by atoms with van der Waals surface area (Å²) < 4.78 is 31.4. The molecule has 1 saturated heterocycles. The second kappa shape index (κ2) is 4.75. The predicted molar refractivity (Wildman–Crippen MR) is 61.0 cm³/mol. The van der Waals surface area contributed by atoms with Crippen LogP contribution in [0.25, 0.3) is 0 Å². The average Bonchev–Trinajstić information content (AvgIpc) is 2.53. The number of rotatable bonds is 2. The van der Waals surface area contributed by atoms with E-state index in [2.05, 4.69) is 10.5 Å². The third-order valence-electron chi connectivity index (χ3n) is 2.96. The monoisotopic (exact) mass is 260 g/mol. The number of sulfonamides is 1. The zero-order valence-corrected chi connectivity index (χ0v) is 11.0. The first kappa shape index (κ1) is 12.5. The van der Waals surface area contributed by atoms with Crippen molar-refractivity contribution in [3.63, 3.8) is 0 Å². The van der Waals surface area contributed by atoms with Crippen molar-refractivity contribution < 1.29 is 18.3 Å². The number of aryl methyl sites for hydroxylation is 2. The molecule has 1 aliphatic rings. The molecule has 2 N–H and O–H groups in total. The summed E-state index contributed by atoms with van der Waals surface area (Å²) in [7, 11) is -3.45. The molecule has 1 aromatic heterocycles. The Hall–Kier alpha value is -0.920. The first-order chi connectivity index (χ1) is 8.03. The van der Waals surface area contributed by atoms with E-state index in [1.807, 2.05) is 0 Å². The number of nitrogens with zero attached hydrogens (tertiary/aromatic N) is 2. The van der Waals surface area contributed by atoms with E-state index in [4.69, 9.17) is 4.52 Å².